The monoisotopic (exact) mass is 441 g/mol. The molecule has 0 aliphatic heterocycles. The molecule has 0 radical (unpaired) electrons. The summed E-state index contributed by atoms with van der Waals surface area (Å²) in [6.07, 6.45) is 3.09. The summed E-state index contributed by atoms with van der Waals surface area (Å²) in [5.74, 6) is 0.304. The summed E-state index contributed by atoms with van der Waals surface area (Å²) in [6.45, 7) is 0.315. The smallest absolute Gasteiger partial charge is 0.387 e. The first-order valence-corrected chi connectivity index (χ1v) is 9.79. The molecule has 1 N–H and O–H groups in total. The van der Waals surface area contributed by atoms with Gasteiger partial charge in [-0.25, -0.2) is 15.0 Å². The second-order valence-electron chi connectivity index (χ2n) is 7.79. The molecule has 0 bridgehead atoms. The lowest BCUT2D eigenvalue weighted by atomic mass is 10.1. The maximum absolute atomic E-state index is 12.8. The minimum absolute atomic E-state index is 0.0311. The van der Waals surface area contributed by atoms with Crippen LogP contribution in [0.5, 0.6) is 5.75 Å². The maximum Gasteiger partial charge on any atom is 0.387 e. The highest BCUT2D eigenvalue weighted by Gasteiger charge is 2.20. The van der Waals surface area contributed by atoms with E-state index in [9.17, 15) is 18.7 Å². The number of alkyl halides is 2. The van der Waals surface area contributed by atoms with Crippen molar-refractivity contribution in [1.29, 1.82) is 0 Å². The van der Waals surface area contributed by atoms with Gasteiger partial charge in [-0.1, -0.05) is 18.2 Å². The lowest BCUT2D eigenvalue weighted by Gasteiger charge is -2.15. The topological polar surface area (TPSA) is 95.1 Å². The number of aliphatic hydroxyl groups is 1. The molecule has 0 aliphatic rings. The van der Waals surface area contributed by atoms with E-state index in [0.717, 1.165) is 0 Å². The Morgan fingerprint density at radius 3 is 2.47 bits per heavy atom. The molecule has 8 nitrogen and oxygen atoms in total. The van der Waals surface area contributed by atoms with E-state index in [-0.39, 0.29) is 23.7 Å². The summed E-state index contributed by atoms with van der Waals surface area (Å²) in [4.78, 5) is 25.7. The Bertz CT molecular complexity index is 1320. The van der Waals surface area contributed by atoms with E-state index in [1.54, 1.807) is 68.3 Å². The molecule has 0 unspecified atom stereocenters. The number of rotatable bonds is 6. The molecule has 3 aromatic heterocycles. The van der Waals surface area contributed by atoms with Crippen LogP contribution in [0, 0.1) is 0 Å². The van der Waals surface area contributed by atoms with Gasteiger partial charge in [0.1, 0.15) is 11.4 Å². The second-order valence-corrected chi connectivity index (χ2v) is 7.79. The van der Waals surface area contributed by atoms with Crippen molar-refractivity contribution in [1.82, 2.24) is 24.3 Å². The van der Waals surface area contributed by atoms with Gasteiger partial charge in [0.05, 0.1) is 17.6 Å². The fourth-order valence-corrected chi connectivity index (χ4v) is 3.36. The summed E-state index contributed by atoms with van der Waals surface area (Å²) >= 11 is 0. The zero-order valence-electron chi connectivity index (χ0n) is 17.7. The molecule has 0 fully saturated rings. The highest BCUT2D eigenvalue weighted by molar-refractivity contribution is 5.78. The third-order valence-electron chi connectivity index (χ3n) is 5.01. The first kappa shape index (κ1) is 21.6. The van der Waals surface area contributed by atoms with Crippen molar-refractivity contribution in [2.24, 2.45) is 7.05 Å². The zero-order chi connectivity index (χ0) is 23.0. The number of halogens is 2. The van der Waals surface area contributed by atoms with Crippen molar-refractivity contribution in [3.63, 3.8) is 0 Å². The molecule has 4 rings (SSSR count). The van der Waals surface area contributed by atoms with Gasteiger partial charge in [-0.05, 0) is 32.0 Å². The number of pyridine rings is 1. The Balaban J connectivity index is 1.78. The number of fused-ring (bicyclic) bond motifs is 1. The molecular formula is C22H21F2N5O3. The van der Waals surface area contributed by atoms with Crippen molar-refractivity contribution in [3.8, 4) is 17.0 Å². The molecular weight excluding hydrogens is 420 g/mol. The quantitative estimate of drug-likeness (QED) is 0.494. The summed E-state index contributed by atoms with van der Waals surface area (Å²) in [7, 11) is 1.58. The molecule has 0 atom stereocenters. The van der Waals surface area contributed by atoms with Crippen molar-refractivity contribution >= 4 is 11.0 Å². The molecule has 3 heterocycles. The van der Waals surface area contributed by atoms with Crippen molar-refractivity contribution in [2.75, 3.05) is 0 Å². The minimum atomic E-state index is -2.96. The van der Waals surface area contributed by atoms with Gasteiger partial charge in [-0.15, -0.1) is 0 Å². The third kappa shape index (κ3) is 4.09. The van der Waals surface area contributed by atoms with Crippen molar-refractivity contribution < 1.29 is 18.6 Å². The summed E-state index contributed by atoms with van der Waals surface area (Å²) < 4.78 is 33.2. The SMILES string of the molecule is Cn1c(=O)c2ccc(-c3cnc(C(C)(C)O)nc3)nc2n1Cc1ccccc1OC(F)F. The Morgan fingerprint density at radius 1 is 1.12 bits per heavy atom. The summed E-state index contributed by atoms with van der Waals surface area (Å²) in [6, 6.07) is 9.75. The molecule has 166 valence electrons. The number of hydrogen-bond donors (Lipinski definition) is 1. The predicted octanol–water partition coefficient (Wildman–Crippen LogP) is 3.07. The first-order valence-electron chi connectivity index (χ1n) is 9.79. The van der Waals surface area contributed by atoms with Crippen LogP contribution in [-0.4, -0.2) is 36.0 Å². The maximum atomic E-state index is 12.8. The van der Waals surface area contributed by atoms with Crippen LogP contribution in [0.3, 0.4) is 0 Å². The Hall–Kier alpha value is -3.66. The first-order chi connectivity index (χ1) is 15.1. The number of aromatic nitrogens is 5. The Morgan fingerprint density at radius 2 is 1.81 bits per heavy atom. The van der Waals surface area contributed by atoms with Crippen LogP contribution in [0.1, 0.15) is 25.2 Å². The average molecular weight is 441 g/mol. The van der Waals surface area contributed by atoms with Gasteiger partial charge in [0.15, 0.2) is 11.5 Å². The van der Waals surface area contributed by atoms with E-state index in [0.29, 0.717) is 27.9 Å². The van der Waals surface area contributed by atoms with Gasteiger partial charge in [0.2, 0.25) is 0 Å². The lowest BCUT2D eigenvalue weighted by Crippen LogP contribution is -2.20. The fourth-order valence-electron chi connectivity index (χ4n) is 3.36. The molecule has 32 heavy (non-hydrogen) atoms. The van der Waals surface area contributed by atoms with Gasteiger partial charge in [-0.2, -0.15) is 8.78 Å². The predicted molar refractivity (Wildman–Crippen MR) is 113 cm³/mol. The van der Waals surface area contributed by atoms with Crippen molar-refractivity contribution in [3.05, 3.63) is 70.5 Å². The zero-order valence-corrected chi connectivity index (χ0v) is 17.7. The van der Waals surface area contributed by atoms with E-state index in [2.05, 4.69) is 19.7 Å². The number of para-hydroxylation sites is 1. The van der Waals surface area contributed by atoms with Crippen LogP contribution in [0.4, 0.5) is 8.78 Å². The van der Waals surface area contributed by atoms with Gasteiger partial charge < -0.3 is 9.84 Å². The molecule has 0 saturated carbocycles. The standard InChI is InChI=1S/C22H21F2N5O3/c1-22(2,31)20-25-10-14(11-26-20)16-9-8-15-18(27-16)29(28(3)19(15)30)12-13-6-4-5-7-17(13)32-21(23)24/h4-11,21,31H,12H2,1-3H3. The van der Waals surface area contributed by atoms with Crippen LogP contribution >= 0.6 is 0 Å². The van der Waals surface area contributed by atoms with Gasteiger partial charge in [0, 0.05) is 30.6 Å². The molecule has 0 aliphatic carbocycles. The van der Waals surface area contributed by atoms with Gasteiger partial charge in [0.25, 0.3) is 5.56 Å². The van der Waals surface area contributed by atoms with Crippen LogP contribution in [0.25, 0.3) is 22.3 Å². The highest BCUT2D eigenvalue weighted by Crippen LogP contribution is 2.24. The van der Waals surface area contributed by atoms with Crippen LogP contribution in [0.2, 0.25) is 0 Å². The fraction of sp³-hybridized carbons (Fsp3) is 0.273. The number of hydrogen-bond acceptors (Lipinski definition) is 6. The summed E-state index contributed by atoms with van der Waals surface area (Å²) in [5.41, 5.74) is 0.544. The molecule has 0 spiro atoms. The largest absolute Gasteiger partial charge is 0.434 e. The minimum Gasteiger partial charge on any atom is -0.434 e. The van der Waals surface area contributed by atoms with Crippen LogP contribution in [0.15, 0.2) is 53.6 Å². The van der Waals surface area contributed by atoms with E-state index in [4.69, 9.17) is 0 Å². The van der Waals surface area contributed by atoms with E-state index < -0.39 is 12.2 Å². The molecule has 0 saturated heterocycles. The highest BCUT2D eigenvalue weighted by atomic mass is 19.3. The van der Waals surface area contributed by atoms with Crippen LogP contribution in [-0.2, 0) is 19.2 Å². The van der Waals surface area contributed by atoms with E-state index in [1.807, 2.05) is 0 Å². The van der Waals surface area contributed by atoms with Gasteiger partial charge in [-0.3, -0.25) is 14.2 Å². The summed E-state index contributed by atoms with van der Waals surface area (Å²) in [5, 5.41) is 10.4. The number of nitrogens with zero attached hydrogens (tertiary/aromatic N) is 5. The normalized spacial score (nSPS) is 12.0. The van der Waals surface area contributed by atoms with Gasteiger partial charge >= 0.3 is 6.61 Å². The molecule has 10 heteroatoms. The van der Waals surface area contributed by atoms with Crippen LogP contribution < -0.4 is 10.3 Å². The average Bonchev–Trinajstić information content (AvgIpc) is 2.98. The second kappa shape index (κ2) is 8.12. The number of ether oxygens (including phenoxy) is 1. The Kier molecular flexibility index (Phi) is 5.47. The van der Waals surface area contributed by atoms with E-state index in [1.165, 1.54) is 10.7 Å². The van der Waals surface area contributed by atoms with Crippen molar-refractivity contribution in [2.45, 2.75) is 32.6 Å². The molecule has 0 amide bonds. The van der Waals surface area contributed by atoms with E-state index >= 15 is 0 Å². The Labute approximate surface area is 181 Å². The third-order valence-corrected chi connectivity index (χ3v) is 5.01. The number of benzene rings is 1. The molecule has 4 aromatic rings. The molecule has 1 aromatic carbocycles. The lowest BCUT2D eigenvalue weighted by molar-refractivity contribution is -0.0505.